The summed E-state index contributed by atoms with van der Waals surface area (Å²) in [5, 5.41) is 1.67. The number of nitrogens with zero attached hydrogens (tertiary/aromatic N) is 1. The molecule has 0 atom stereocenters. The number of hydrogen-bond donors (Lipinski definition) is 0. The minimum absolute atomic E-state index is 0.0321. The first-order valence-electron chi connectivity index (χ1n) is 11.8. The van der Waals surface area contributed by atoms with Crippen LogP contribution in [0.3, 0.4) is 0 Å². The Morgan fingerprint density at radius 2 is 1.67 bits per heavy atom. The van der Waals surface area contributed by atoms with Crippen LogP contribution in [-0.4, -0.2) is 31.6 Å². The Labute approximate surface area is 235 Å². The third-order valence-electron chi connectivity index (χ3n) is 6.08. The first-order valence-corrected chi connectivity index (χ1v) is 14.4. The van der Waals surface area contributed by atoms with Crippen LogP contribution in [0.15, 0.2) is 88.7 Å². The SMILES string of the molecule is COc1cc(/C=C2\SC(=O)N(Cc3ccc4ccccc4c3)C2=O)cc(Cl)c1OS(=O)(=O)c1ccc(C)cc1. The predicted molar refractivity (Wildman–Crippen MR) is 152 cm³/mol. The van der Waals surface area contributed by atoms with Gasteiger partial charge >= 0.3 is 10.1 Å². The number of benzene rings is 4. The van der Waals surface area contributed by atoms with Gasteiger partial charge in [0, 0.05) is 0 Å². The molecule has 5 rings (SSSR count). The van der Waals surface area contributed by atoms with Gasteiger partial charge in [-0.15, -0.1) is 0 Å². The predicted octanol–water partition coefficient (Wildman–Crippen LogP) is 6.81. The Morgan fingerprint density at radius 1 is 0.949 bits per heavy atom. The van der Waals surface area contributed by atoms with E-state index in [0.717, 1.165) is 33.7 Å². The smallest absolute Gasteiger partial charge is 0.339 e. The third-order valence-corrected chi connectivity index (χ3v) is 8.50. The number of fused-ring (bicyclic) bond motifs is 1. The van der Waals surface area contributed by atoms with E-state index in [1.807, 2.05) is 49.4 Å². The van der Waals surface area contributed by atoms with Gasteiger partial charge in [-0.3, -0.25) is 14.5 Å². The first-order chi connectivity index (χ1) is 18.6. The van der Waals surface area contributed by atoms with Crippen molar-refractivity contribution in [3.05, 3.63) is 105 Å². The molecule has 0 bridgehead atoms. The molecule has 0 unspecified atom stereocenters. The summed E-state index contributed by atoms with van der Waals surface area (Å²) in [5.41, 5.74) is 2.17. The Balaban J connectivity index is 1.39. The Kier molecular flexibility index (Phi) is 7.40. The van der Waals surface area contributed by atoms with Gasteiger partial charge in [0.2, 0.25) is 5.75 Å². The van der Waals surface area contributed by atoms with Crippen LogP contribution in [0, 0.1) is 6.92 Å². The molecule has 198 valence electrons. The molecule has 0 N–H and O–H groups in total. The van der Waals surface area contributed by atoms with E-state index in [2.05, 4.69) is 0 Å². The molecule has 4 aromatic rings. The van der Waals surface area contributed by atoms with Gasteiger partial charge in [0.25, 0.3) is 11.1 Å². The number of carbonyl (C=O) groups is 2. The topological polar surface area (TPSA) is 90.0 Å². The van der Waals surface area contributed by atoms with Crippen LogP contribution >= 0.6 is 23.4 Å². The third kappa shape index (κ3) is 5.66. The summed E-state index contributed by atoms with van der Waals surface area (Å²) < 4.78 is 36.3. The Morgan fingerprint density at radius 3 is 2.38 bits per heavy atom. The van der Waals surface area contributed by atoms with E-state index in [4.69, 9.17) is 20.5 Å². The van der Waals surface area contributed by atoms with Gasteiger partial charge in [0.1, 0.15) is 4.90 Å². The molecule has 7 nitrogen and oxygen atoms in total. The van der Waals surface area contributed by atoms with Gasteiger partial charge < -0.3 is 8.92 Å². The lowest BCUT2D eigenvalue weighted by Gasteiger charge is -2.14. The number of aryl methyl sites for hydroxylation is 1. The molecule has 0 radical (unpaired) electrons. The molecule has 1 aliphatic heterocycles. The van der Waals surface area contributed by atoms with Crippen molar-refractivity contribution in [2.45, 2.75) is 18.4 Å². The minimum Gasteiger partial charge on any atom is -0.493 e. The van der Waals surface area contributed by atoms with E-state index in [9.17, 15) is 18.0 Å². The van der Waals surface area contributed by atoms with Crippen molar-refractivity contribution in [1.29, 1.82) is 0 Å². The first kappa shape index (κ1) is 26.8. The van der Waals surface area contributed by atoms with Crippen LogP contribution < -0.4 is 8.92 Å². The summed E-state index contributed by atoms with van der Waals surface area (Å²) in [4.78, 5) is 27.2. The van der Waals surface area contributed by atoms with E-state index in [0.29, 0.717) is 5.56 Å². The van der Waals surface area contributed by atoms with Crippen molar-refractivity contribution in [2.24, 2.45) is 0 Å². The van der Waals surface area contributed by atoms with Gasteiger partial charge in [0.15, 0.2) is 5.75 Å². The monoisotopic (exact) mass is 579 g/mol. The summed E-state index contributed by atoms with van der Waals surface area (Å²) in [6.45, 7) is 1.98. The number of imide groups is 1. The lowest BCUT2D eigenvalue weighted by Crippen LogP contribution is -2.27. The maximum absolute atomic E-state index is 13.1. The van der Waals surface area contributed by atoms with Crippen molar-refractivity contribution in [1.82, 2.24) is 4.90 Å². The fraction of sp³-hybridized carbons (Fsp3) is 0.103. The maximum atomic E-state index is 13.1. The van der Waals surface area contributed by atoms with Gasteiger partial charge in [-0.05, 0) is 77.0 Å². The summed E-state index contributed by atoms with van der Waals surface area (Å²) in [7, 11) is -2.83. The molecule has 1 fully saturated rings. The van der Waals surface area contributed by atoms with Crippen LogP contribution in [0.5, 0.6) is 11.5 Å². The van der Waals surface area contributed by atoms with Crippen molar-refractivity contribution in [3.63, 3.8) is 0 Å². The number of halogens is 1. The molecule has 0 aliphatic carbocycles. The van der Waals surface area contributed by atoms with Crippen molar-refractivity contribution in [3.8, 4) is 11.5 Å². The van der Waals surface area contributed by atoms with E-state index >= 15 is 0 Å². The Hall–Kier alpha value is -3.79. The number of thioether (sulfide) groups is 1. The van der Waals surface area contributed by atoms with Crippen LogP contribution in [0.2, 0.25) is 5.02 Å². The van der Waals surface area contributed by atoms with Crippen LogP contribution in [-0.2, 0) is 21.5 Å². The van der Waals surface area contributed by atoms with Crippen LogP contribution in [0.1, 0.15) is 16.7 Å². The van der Waals surface area contributed by atoms with E-state index in [1.165, 1.54) is 42.4 Å². The molecule has 1 saturated heterocycles. The molecular formula is C29H22ClNO6S2. The number of rotatable bonds is 7. The fourth-order valence-electron chi connectivity index (χ4n) is 4.07. The molecule has 4 aromatic carbocycles. The van der Waals surface area contributed by atoms with Crippen molar-refractivity contribution < 1.29 is 26.9 Å². The highest BCUT2D eigenvalue weighted by atomic mass is 35.5. The number of carbonyl (C=O) groups excluding carboxylic acids is 2. The lowest BCUT2D eigenvalue weighted by molar-refractivity contribution is -0.123. The summed E-state index contributed by atoms with van der Waals surface area (Å²) >= 11 is 7.22. The second kappa shape index (κ2) is 10.8. The Bertz CT molecular complexity index is 1750. The standard InChI is InChI=1S/C29H22ClNO6S2/c1-18-7-11-23(12-8-18)39(34,35)37-27-24(30)14-20(15-25(27)36-2)16-26-28(32)31(29(33)38-26)17-19-9-10-21-5-3-4-6-22(21)13-19/h3-16H,17H2,1-2H3/b26-16-. The van der Waals surface area contributed by atoms with Crippen molar-refractivity contribution in [2.75, 3.05) is 7.11 Å². The molecule has 39 heavy (non-hydrogen) atoms. The number of methoxy groups -OCH3 is 1. The largest absolute Gasteiger partial charge is 0.493 e. The average Bonchev–Trinajstić information content (AvgIpc) is 3.17. The maximum Gasteiger partial charge on any atom is 0.339 e. The molecule has 0 aromatic heterocycles. The highest BCUT2D eigenvalue weighted by molar-refractivity contribution is 8.18. The zero-order valence-electron chi connectivity index (χ0n) is 20.9. The molecule has 2 amide bonds. The van der Waals surface area contributed by atoms with Gasteiger partial charge in [-0.2, -0.15) is 8.42 Å². The summed E-state index contributed by atoms with van der Waals surface area (Å²) in [6, 6.07) is 22.8. The molecule has 0 spiro atoms. The van der Waals surface area contributed by atoms with E-state index in [1.54, 1.807) is 12.1 Å². The van der Waals surface area contributed by atoms with Crippen LogP contribution in [0.4, 0.5) is 4.79 Å². The average molecular weight is 580 g/mol. The highest BCUT2D eigenvalue weighted by Gasteiger charge is 2.35. The number of ether oxygens (including phenoxy) is 1. The number of amides is 2. The zero-order chi connectivity index (χ0) is 27.7. The lowest BCUT2D eigenvalue weighted by atomic mass is 10.1. The normalized spacial score (nSPS) is 14.8. The van der Waals surface area contributed by atoms with E-state index in [-0.39, 0.29) is 38.1 Å². The van der Waals surface area contributed by atoms with Crippen molar-refractivity contribution >= 4 is 61.5 Å². The molecule has 1 heterocycles. The van der Waals surface area contributed by atoms with Gasteiger partial charge in [-0.1, -0.05) is 65.7 Å². The van der Waals surface area contributed by atoms with Gasteiger partial charge in [-0.25, -0.2) is 0 Å². The highest BCUT2D eigenvalue weighted by Crippen LogP contribution is 2.40. The fourth-order valence-corrected chi connectivity index (χ4v) is 6.17. The quantitative estimate of drug-likeness (QED) is 0.175. The summed E-state index contributed by atoms with van der Waals surface area (Å²) in [6.07, 6.45) is 1.51. The minimum atomic E-state index is -4.18. The van der Waals surface area contributed by atoms with Crippen LogP contribution in [0.25, 0.3) is 16.8 Å². The second-order valence-corrected chi connectivity index (χ2v) is 11.8. The second-order valence-electron chi connectivity index (χ2n) is 8.83. The number of hydrogen-bond acceptors (Lipinski definition) is 7. The molecule has 0 saturated carbocycles. The molecule has 10 heteroatoms. The molecular weight excluding hydrogens is 558 g/mol. The van der Waals surface area contributed by atoms with Gasteiger partial charge in [0.05, 0.1) is 23.6 Å². The van der Waals surface area contributed by atoms with E-state index < -0.39 is 16.0 Å². The molecule has 1 aliphatic rings. The summed E-state index contributed by atoms with van der Waals surface area (Å²) in [5.74, 6) is -0.559. The zero-order valence-corrected chi connectivity index (χ0v) is 23.3.